The predicted molar refractivity (Wildman–Crippen MR) is 157 cm³/mol. The summed E-state index contributed by atoms with van der Waals surface area (Å²) in [4.78, 5) is 37.6. The highest BCUT2D eigenvalue weighted by atomic mass is 32.2. The van der Waals surface area contributed by atoms with Gasteiger partial charge in [0, 0.05) is 12.3 Å². The van der Waals surface area contributed by atoms with E-state index in [0.717, 1.165) is 11.1 Å². The Bertz CT molecular complexity index is 1430. The van der Waals surface area contributed by atoms with E-state index < -0.39 is 45.4 Å². The molecule has 3 unspecified atom stereocenters. The van der Waals surface area contributed by atoms with Crippen molar-refractivity contribution in [2.75, 3.05) is 12.3 Å². The number of amides is 3. The van der Waals surface area contributed by atoms with Gasteiger partial charge in [0.2, 0.25) is 15.9 Å². The van der Waals surface area contributed by atoms with Crippen LogP contribution in [0.1, 0.15) is 17.5 Å². The van der Waals surface area contributed by atoms with Crippen LogP contribution in [0.3, 0.4) is 0 Å². The first-order valence-corrected chi connectivity index (χ1v) is 15.6. The highest BCUT2D eigenvalue weighted by molar-refractivity contribution is 8.01. The zero-order chi connectivity index (χ0) is 29.2. The first-order chi connectivity index (χ1) is 19.8. The zero-order valence-electron chi connectivity index (χ0n) is 22.2. The average Bonchev–Trinajstić information content (AvgIpc) is 3.43. The number of nitrogens with one attached hydrogen (secondary N) is 3. The number of benzene rings is 3. The van der Waals surface area contributed by atoms with Crippen LogP contribution in [0.4, 0.5) is 4.79 Å². The summed E-state index contributed by atoms with van der Waals surface area (Å²) >= 11 is 1.34. The number of carbonyl (C=O) groups excluding carboxylic acids is 2. The van der Waals surface area contributed by atoms with Crippen LogP contribution in [0.5, 0.6) is 0 Å². The van der Waals surface area contributed by atoms with Gasteiger partial charge in [0.1, 0.15) is 12.1 Å². The summed E-state index contributed by atoms with van der Waals surface area (Å²) in [5, 5.41) is 16.7. The first kappa shape index (κ1) is 30.1. The number of hydrogen-bond acceptors (Lipinski definition) is 6. The summed E-state index contributed by atoms with van der Waals surface area (Å²) < 4.78 is 28.7. The number of carboxylic acid groups (broad SMARTS) is 1. The van der Waals surface area contributed by atoms with Gasteiger partial charge in [0.25, 0.3) is 0 Å². The normalized spacial score (nSPS) is 17.9. The number of carboxylic acids is 1. The van der Waals surface area contributed by atoms with Gasteiger partial charge in [-0.25, -0.2) is 18.0 Å². The van der Waals surface area contributed by atoms with E-state index >= 15 is 0 Å². The molecule has 1 fully saturated rings. The lowest BCUT2D eigenvalue weighted by Crippen LogP contribution is -2.56. The molecule has 216 valence electrons. The van der Waals surface area contributed by atoms with Crippen molar-refractivity contribution in [2.45, 2.75) is 41.7 Å². The summed E-state index contributed by atoms with van der Waals surface area (Å²) in [6, 6.07) is 23.5. The maximum absolute atomic E-state index is 13.7. The number of aliphatic carboxylic acids is 1. The molecule has 0 bridgehead atoms. The molecule has 0 aromatic heterocycles. The summed E-state index contributed by atoms with van der Waals surface area (Å²) in [7, 11) is -4.08. The molecule has 3 atom stereocenters. The number of rotatable bonds is 12. The van der Waals surface area contributed by atoms with Crippen molar-refractivity contribution in [3.8, 4) is 0 Å². The molecule has 1 aliphatic heterocycles. The largest absolute Gasteiger partial charge is 0.480 e. The Labute approximate surface area is 243 Å². The third kappa shape index (κ3) is 8.09. The molecule has 3 aromatic rings. The van der Waals surface area contributed by atoms with E-state index in [1.165, 1.54) is 28.2 Å². The smallest absolute Gasteiger partial charge is 0.328 e. The van der Waals surface area contributed by atoms with Crippen molar-refractivity contribution in [3.05, 3.63) is 102 Å². The van der Waals surface area contributed by atoms with Gasteiger partial charge in [-0.2, -0.15) is 4.31 Å². The van der Waals surface area contributed by atoms with Crippen LogP contribution in [-0.2, 0) is 32.6 Å². The monoisotopic (exact) mass is 596 g/mol. The summed E-state index contributed by atoms with van der Waals surface area (Å²) in [5.74, 6) is -1.93. The lowest BCUT2D eigenvalue weighted by molar-refractivity contribution is -0.142. The summed E-state index contributed by atoms with van der Waals surface area (Å²) in [6.07, 6.45) is 1.07. The number of urea groups is 1. The van der Waals surface area contributed by atoms with Gasteiger partial charge in [0.15, 0.2) is 0 Å². The molecule has 0 aliphatic carbocycles. The fraction of sp³-hybridized carbons (Fsp3) is 0.276. The topological polar surface area (TPSA) is 145 Å². The van der Waals surface area contributed by atoms with Crippen molar-refractivity contribution in [1.82, 2.24) is 20.3 Å². The van der Waals surface area contributed by atoms with E-state index in [4.69, 9.17) is 0 Å². The third-order valence-corrected chi connectivity index (χ3v) is 9.98. The van der Waals surface area contributed by atoms with Crippen molar-refractivity contribution in [2.24, 2.45) is 0 Å². The number of aryl methyl sites for hydroxylation is 1. The first-order valence-electron chi connectivity index (χ1n) is 13.1. The van der Waals surface area contributed by atoms with Gasteiger partial charge in [-0.05, 0) is 36.1 Å². The van der Waals surface area contributed by atoms with Crippen LogP contribution in [0.25, 0.3) is 0 Å². The average molecular weight is 597 g/mol. The molecule has 4 N–H and O–H groups in total. The second-order valence-electron chi connectivity index (χ2n) is 9.42. The van der Waals surface area contributed by atoms with Crippen LogP contribution in [0.2, 0.25) is 0 Å². The standard InChI is InChI=1S/C29H32N4O6S2/c34-27(32-24(28(35)36)19-31-29(37)30-18-22-12-6-2-7-13-22)25-20-40-26(17-16-21-10-4-1-5-11-21)33(25)41(38,39)23-14-8-3-9-15-23/h1-15,24-26H,16-20H2,(H,32,34)(H,35,36)(H2,30,31,37). The highest BCUT2D eigenvalue weighted by Crippen LogP contribution is 2.37. The van der Waals surface area contributed by atoms with Gasteiger partial charge in [-0.1, -0.05) is 78.9 Å². The van der Waals surface area contributed by atoms with Crippen molar-refractivity contribution in [1.29, 1.82) is 0 Å². The molecule has 0 spiro atoms. The SMILES string of the molecule is O=C(NCc1ccccc1)NCC(NC(=O)C1CSC(CCc2ccccc2)N1S(=O)(=O)c1ccccc1)C(=O)O. The highest BCUT2D eigenvalue weighted by Gasteiger charge is 2.46. The minimum absolute atomic E-state index is 0.0524. The lowest BCUT2D eigenvalue weighted by atomic mass is 10.1. The minimum atomic E-state index is -4.08. The fourth-order valence-electron chi connectivity index (χ4n) is 4.43. The van der Waals surface area contributed by atoms with Crippen LogP contribution in [0, 0.1) is 0 Å². The maximum Gasteiger partial charge on any atom is 0.328 e. The van der Waals surface area contributed by atoms with Gasteiger partial charge in [0.05, 0.1) is 16.8 Å². The van der Waals surface area contributed by atoms with Crippen LogP contribution < -0.4 is 16.0 Å². The van der Waals surface area contributed by atoms with Crippen LogP contribution in [0.15, 0.2) is 95.9 Å². The molecular weight excluding hydrogens is 564 g/mol. The van der Waals surface area contributed by atoms with Gasteiger partial charge < -0.3 is 21.1 Å². The predicted octanol–water partition coefficient (Wildman–Crippen LogP) is 2.82. The van der Waals surface area contributed by atoms with Gasteiger partial charge >= 0.3 is 12.0 Å². The molecule has 4 rings (SSSR count). The Morgan fingerprint density at radius 2 is 1.46 bits per heavy atom. The molecule has 0 radical (unpaired) electrons. The number of hydrogen-bond donors (Lipinski definition) is 4. The van der Waals surface area contributed by atoms with E-state index in [0.29, 0.717) is 12.8 Å². The molecule has 41 heavy (non-hydrogen) atoms. The Morgan fingerprint density at radius 3 is 2.07 bits per heavy atom. The fourth-order valence-corrected chi connectivity index (χ4v) is 8.00. The molecule has 10 nitrogen and oxygen atoms in total. The second-order valence-corrected chi connectivity index (χ2v) is 12.5. The lowest BCUT2D eigenvalue weighted by Gasteiger charge is -2.29. The Balaban J connectivity index is 1.44. The summed E-state index contributed by atoms with van der Waals surface area (Å²) in [6.45, 7) is -0.142. The number of nitrogens with zero attached hydrogens (tertiary/aromatic N) is 1. The molecular formula is C29H32N4O6S2. The molecule has 1 saturated heterocycles. The molecule has 1 aliphatic rings. The minimum Gasteiger partial charge on any atom is -0.480 e. The number of thioether (sulfide) groups is 1. The van der Waals surface area contributed by atoms with Crippen LogP contribution >= 0.6 is 11.8 Å². The van der Waals surface area contributed by atoms with Crippen molar-refractivity contribution in [3.63, 3.8) is 0 Å². The molecule has 0 saturated carbocycles. The van der Waals surface area contributed by atoms with E-state index in [2.05, 4.69) is 16.0 Å². The Morgan fingerprint density at radius 1 is 0.878 bits per heavy atom. The van der Waals surface area contributed by atoms with E-state index in [1.807, 2.05) is 60.7 Å². The van der Waals surface area contributed by atoms with Gasteiger partial charge in [-0.3, -0.25) is 4.79 Å². The van der Waals surface area contributed by atoms with Crippen molar-refractivity contribution < 1.29 is 27.9 Å². The van der Waals surface area contributed by atoms with E-state index in [-0.39, 0.29) is 23.7 Å². The maximum atomic E-state index is 13.7. The molecule has 3 amide bonds. The third-order valence-electron chi connectivity index (χ3n) is 6.56. The molecule has 3 aromatic carbocycles. The van der Waals surface area contributed by atoms with E-state index in [9.17, 15) is 27.9 Å². The second kappa shape index (κ2) is 14.2. The van der Waals surface area contributed by atoms with Crippen LogP contribution in [-0.4, -0.2) is 65.5 Å². The van der Waals surface area contributed by atoms with Gasteiger partial charge in [-0.15, -0.1) is 11.8 Å². The summed E-state index contributed by atoms with van der Waals surface area (Å²) in [5.41, 5.74) is 1.91. The molecule has 1 heterocycles. The zero-order valence-corrected chi connectivity index (χ0v) is 23.8. The van der Waals surface area contributed by atoms with E-state index in [1.54, 1.807) is 18.2 Å². The quantitative estimate of drug-likeness (QED) is 0.252. The Hall–Kier alpha value is -3.87. The Kier molecular flexibility index (Phi) is 10.4. The van der Waals surface area contributed by atoms with Crippen molar-refractivity contribution >= 4 is 39.7 Å². The number of sulfonamides is 1. The molecule has 12 heteroatoms. The number of carbonyl (C=O) groups is 3.